The number of fused-ring (bicyclic) bond motifs is 1. The van der Waals surface area contributed by atoms with E-state index in [4.69, 9.17) is 9.47 Å². The van der Waals surface area contributed by atoms with Crippen LogP contribution < -0.4 is 9.47 Å². The van der Waals surface area contributed by atoms with Crippen LogP contribution in [0, 0.1) is 5.92 Å². The van der Waals surface area contributed by atoms with Gasteiger partial charge < -0.3 is 9.47 Å². The second-order valence-electron chi connectivity index (χ2n) is 7.15. The largest absolute Gasteiger partial charge is 0.488 e. The van der Waals surface area contributed by atoms with Crippen LogP contribution in [0.4, 0.5) is 0 Å². The molecule has 1 aromatic carbocycles. The number of para-hydroxylation sites is 1. The second-order valence-corrected chi connectivity index (χ2v) is 7.15. The maximum absolute atomic E-state index is 6.04. The van der Waals surface area contributed by atoms with Crippen molar-refractivity contribution in [1.82, 2.24) is 4.90 Å². The maximum Gasteiger partial charge on any atom is 0.165 e. The minimum Gasteiger partial charge on any atom is -0.488 e. The van der Waals surface area contributed by atoms with Crippen molar-refractivity contribution < 1.29 is 9.47 Å². The zero-order valence-electron chi connectivity index (χ0n) is 12.4. The van der Waals surface area contributed by atoms with Gasteiger partial charge in [0, 0.05) is 25.1 Å². The lowest BCUT2D eigenvalue weighted by Gasteiger charge is -2.18. The highest BCUT2D eigenvalue weighted by molar-refractivity contribution is 5.50. The Hall–Kier alpha value is -1.22. The zero-order chi connectivity index (χ0) is 13.7. The Balaban J connectivity index is 1.37. The van der Waals surface area contributed by atoms with Crippen LogP contribution in [0.3, 0.4) is 0 Å². The summed E-state index contributed by atoms with van der Waals surface area (Å²) in [7, 11) is 0. The molecule has 0 aromatic heterocycles. The fourth-order valence-electron chi connectivity index (χ4n) is 3.12. The van der Waals surface area contributed by atoms with E-state index in [1.54, 1.807) is 0 Å². The Morgan fingerprint density at radius 2 is 2.20 bits per heavy atom. The molecule has 20 heavy (non-hydrogen) atoms. The van der Waals surface area contributed by atoms with Gasteiger partial charge in [-0.1, -0.05) is 12.1 Å². The molecule has 0 N–H and O–H groups in total. The molecule has 1 aliphatic carbocycles. The van der Waals surface area contributed by atoms with Gasteiger partial charge in [-0.2, -0.15) is 0 Å². The Morgan fingerprint density at radius 3 is 3.00 bits per heavy atom. The van der Waals surface area contributed by atoms with Gasteiger partial charge in [0.2, 0.25) is 0 Å². The van der Waals surface area contributed by atoms with Gasteiger partial charge in [0.1, 0.15) is 12.2 Å². The molecule has 0 radical (unpaired) electrons. The lowest BCUT2D eigenvalue weighted by atomic mass is 10.0. The molecule has 0 amide bonds. The Morgan fingerprint density at radius 1 is 1.35 bits per heavy atom. The molecule has 2 unspecified atom stereocenters. The van der Waals surface area contributed by atoms with E-state index >= 15 is 0 Å². The van der Waals surface area contributed by atoms with Crippen LogP contribution >= 0.6 is 0 Å². The number of ether oxygens (including phenoxy) is 2. The molecule has 4 rings (SSSR count). The molecule has 1 saturated carbocycles. The third-order valence-electron chi connectivity index (χ3n) is 4.50. The summed E-state index contributed by atoms with van der Waals surface area (Å²) >= 11 is 0. The van der Waals surface area contributed by atoms with Crippen LogP contribution in [0.15, 0.2) is 18.2 Å². The third kappa shape index (κ3) is 2.51. The number of rotatable bonds is 5. The molecule has 108 valence electrons. The average Bonchev–Trinajstić information content (AvgIpc) is 3.29. The van der Waals surface area contributed by atoms with Crippen LogP contribution in [0.25, 0.3) is 0 Å². The molecule has 2 heterocycles. The average molecular weight is 273 g/mol. The number of hydrogen-bond acceptors (Lipinski definition) is 3. The second kappa shape index (κ2) is 4.39. The van der Waals surface area contributed by atoms with E-state index in [1.165, 1.54) is 31.5 Å². The lowest BCUT2D eigenvalue weighted by molar-refractivity contribution is 0.132. The molecular weight excluding hydrogens is 250 g/mol. The van der Waals surface area contributed by atoms with Crippen molar-refractivity contribution >= 4 is 0 Å². The fourth-order valence-corrected chi connectivity index (χ4v) is 3.12. The number of benzene rings is 1. The van der Waals surface area contributed by atoms with E-state index in [-0.39, 0.29) is 5.60 Å². The molecule has 1 aromatic rings. The van der Waals surface area contributed by atoms with Gasteiger partial charge in [-0.15, -0.1) is 0 Å². The predicted octanol–water partition coefficient (Wildman–Crippen LogP) is 2.87. The van der Waals surface area contributed by atoms with Crippen molar-refractivity contribution in [3.05, 3.63) is 23.8 Å². The molecule has 2 aliphatic heterocycles. The van der Waals surface area contributed by atoms with Crippen LogP contribution in [0.2, 0.25) is 0 Å². The lowest BCUT2D eigenvalue weighted by Crippen LogP contribution is -2.24. The predicted molar refractivity (Wildman–Crippen MR) is 78.4 cm³/mol. The molecular formula is C17H23NO2. The van der Waals surface area contributed by atoms with Gasteiger partial charge in [-0.05, 0) is 38.7 Å². The van der Waals surface area contributed by atoms with Crippen molar-refractivity contribution in [2.24, 2.45) is 5.92 Å². The minimum atomic E-state index is -0.0978. The van der Waals surface area contributed by atoms with Crippen molar-refractivity contribution in [2.45, 2.75) is 44.8 Å². The topological polar surface area (TPSA) is 21.5 Å². The first-order valence-corrected chi connectivity index (χ1v) is 7.78. The van der Waals surface area contributed by atoms with E-state index in [0.29, 0.717) is 6.04 Å². The van der Waals surface area contributed by atoms with Gasteiger partial charge >= 0.3 is 0 Å². The van der Waals surface area contributed by atoms with Crippen LogP contribution in [-0.4, -0.2) is 36.2 Å². The van der Waals surface area contributed by atoms with Crippen LogP contribution in [-0.2, 0) is 6.42 Å². The monoisotopic (exact) mass is 273 g/mol. The standard InChI is InChI=1S/C17H23NO2/c1-17(2)8-13-4-3-5-15(16(13)20-17)19-11-14-10-18(14)9-12-6-7-12/h3-5,12,14H,6-11H2,1-2H3. The Bertz CT molecular complexity index is 522. The highest BCUT2D eigenvalue weighted by atomic mass is 16.5. The fraction of sp³-hybridized carbons (Fsp3) is 0.647. The van der Waals surface area contributed by atoms with E-state index < -0.39 is 0 Å². The van der Waals surface area contributed by atoms with E-state index in [0.717, 1.165) is 30.4 Å². The zero-order valence-corrected chi connectivity index (χ0v) is 12.4. The third-order valence-corrected chi connectivity index (χ3v) is 4.50. The van der Waals surface area contributed by atoms with E-state index in [9.17, 15) is 0 Å². The van der Waals surface area contributed by atoms with Crippen molar-refractivity contribution in [2.75, 3.05) is 19.7 Å². The van der Waals surface area contributed by atoms with Gasteiger partial charge in [0.15, 0.2) is 11.5 Å². The summed E-state index contributed by atoms with van der Waals surface area (Å²) in [5.74, 6) is 2.86. The molecule has 3 nitrogen and oxygen atoms in total. The number of hydrogen-bond donors (Lipinski definition) is 0. The van der Waals surface area contributed by atoms with Crippen LogP contribution in [0.5, 0.6) is 11.5 Å². The summed E-state index contributed by atoms with van der Waals surface area (Å²) in [5.41, 5.74) is 1.18. The smallest absolute Gasteiger partial charge is 0.165 e. The SMILES string of the molecule is CC1(C)Cc2cccc(OCC3CN3CC3CC3)c2O1. The summed E-state index contributed by atoms with van der Waals surface area (Å²) in [6.45, 7) is 7.55. The highest BCUT2D eigenvalue weighted by Gasteiger charge is 2.39. The van der Waals surface area contributed by atoms with Crippen molar-refractivity contribution in [3.8, 4) is 11.5 Å². The normalized spacial score (nSPS) is 29.7. The van der Waals surface area contributed by atoms with Gasteiger partial charge in [0.05, 0.1) is 6.04 Å². The highest BCUT2D eigenvalue weighted by Crippen LogP contribution is 2.42. The summed E-state index contributed by atoms with van der Waals surface area (Å²) in [6.07, 6.45) is 3.83. The summed E-state index contributed by atoms with van der Waals surface area (Å²) in [6, 6.07) is 6.88. The molecule has 2 atom stereocenters. The van der Waals surface area contributed by atoms with Gasteiger partial charge in [-0.25, -0.2) is 0 Å². The maximum atomic E-state index is 6.04. The van der Waals surface area contributed by atoms with E-state index in [2.05, 4.69) is 30.9 Å². The first-order valence-electron chi connectivity index (χ1n) is 7.78. The van der Waals surface area contributed by atoms with Gasteiger partial charge in [-0.3, -0.25) is 4.90 Å². The summed E-state index contributed by atoms with van der Waals surface area (Å²) in [4.78, 5) is 2.53. The number of nitrogens with zero attached hydrogens (tertiary/aromatic N) is 1. The first-order chi connectivity index (χ1) is 9.61. The molecule has 3 aliphatic rings. The Labute approximate surface area is 120 Å². The molecule has 2 fully saturated rings. The molecule has 3 heteroatoms. The molecule has 1 saturated heterocycles. The molecule has 0 spiro atoms. The summed E-state index contributed by atoms with van der Waals surface area (Å²) in [5, 5.41) is 0. The molecule has 0 bridgehead atoms. The van der Waals surface area contributed by atoms with Gasteiger partial charge in [0.25, 0.3) is 0 Å². The van der Waals surface area contributed by atoms with E-state index in [1.807, 2.05) is 6.07 Å². The van der Waals surface area contributed by atoms with Crippen molar-refractivity contribution in [1.29, 1.82) is 0 Å². The quantitative estimate of drug-likeness (QED) is 0.770. The van der Waals surface area contributed by atoms with Crippen molar-refractivity contribution in [3.63, 3.8) is 0 Å². The Kier molecular flexibility index (Phi) is 2.75. The first kappa shape index (κ1) is 12.5. The van der Waals surface area contributed by atoms with Crippen LogP contribution in [0.1, 0.15) is 32.3 Å². The summed E-state index contributed by atoms with van der Waals surface area (Å²) < 4.78 is 12.1. The minimum absolute atomic E-state index is 0.0978.